The third-order valence-corrected chi connectivity index (χ3v) is 2.64. The zero-order valence-corrected chi connectivity index (χ0v) is 9.75. The lowest BCUT2D eigenvalue weighted by molar-refractivity contribution is 0.101. The van der Waals surface area contributed by atoms with E-state index in [9.17, 15) is 9.18 Å². The maximum absolute atomic E-state index is 13.5. The molecule has 0 fully saturated rings. The molecule has 6 heteroatoms. The van der Waals surface area contributed by atoms with Gasteiger partial charge in [0.05, 0.1) is 11.9 Å². The predicted octanol–water partition coefficient (Wildman–Crippen LogP) is 2.12. The van der Waals surface area contributed by atoms with Crippen LogP contribution in [0.25, 0.3) is 5.65 Å². The zero-order valence-electron chi connectivity index (χ0n) is 9.75. The van der Waals surface area contributed by atoms with Crippen molar-refractivity contribution in [2.45, 2.75) is 0 Å². The minimum Gasteiger partial charge on any atom is -0.318 e. The minimum absolute atomic E-state index is 0.129. The van der Waals surface area contributed by atoms with Gasteiger partial charge in [-0.3, -0.25) is 4.79 Å². The topological polar surface area (TPSA) is 59.3 Å². The second kappa shape index (κ2) is 4.49. The van der Waals surface area contributed by atoms with Gasteiger partial charge in [-0.1, -0.05) is 12.1 Å². The first kappa shape index (κ1) is 11.3. The summed E-state index contributed by atoms with van der Waals surface area (Å²) in [6.07, 6.45) is 3.05. The molecule has 0 atom stereocenters. The van der Waals surface area contributed by atoms with Crippen molar-refractivity contribution >= 4 is 17.2 Å². The maximum Gasteiger partial charge on any atom is 0.274 e. The number of aromatic nitrogens is 3. The molecular formula is C13H9FN4O. The van der Waals surface area contributed by atoms with Crippen LogP contribution in [0.5, 0.6) is 0 Å². The van der Waals surface area contributed by atoms with Crippen molar-refractivity contribution in [2.75, 3.05) is 5.32 Å². The molecule has 19 heavy (non-hydrogen) atoms. The molecule has 0 aliphatic heterocycles. The van der Waals surface area contributed by atoms with Crippen molar-refractivity contribution < 1.29 is 9.18 Å². The van der Waals surface area contributed by atoms with Gasteiger partial charge in [-0.05, 0) is 18.2 Å². The summed E-state index contributed by atoms with van der Waals surface area (Å²) in [4.78, 5) is 16.2. The Morgan fingerprint density at radius 2 is 2.00 bits per heavy atom. The molecule has 1 amide bonds. The fourth-order valence-electron chi connectivity index (χ4n) is 1.76. The normalized spacial score (nSPS) is 10.6. The third kappa shape index (κ3) is 2.03. The Balaban J connectivity index is 1.97. The van der Waals surface area contributed by atoms with E-state index in [1.165, 1.54) is 28.9 Å². The fourth-order valence-corrected chi connectivity index (χ4v) is 1.76. The first-order chi connectivity index (χ1) is 9.25. The van der Waals surface area contributed by atoms with Gasteiger partial charge in [0.1, 0.15) is 11.5 Å². The van der Waals surface area contributed by atoms with Gasteiger partial charge in [-0.15, -0.1) is 0 Å². The molecule has 2 heterocycles. The molecule has 5 nitrogen and oxygen atoms in total. The Labute approximate surface area is 107 Å². The van der Waals surface area contributed by atoms with E-state index in [2.05, 4.69) is 15.4 Å². The van der Waals surface area contributed by atoms with Gasteiger partial charge in [-0.2, -0.15) is 5.10 Å². The monoisotopic (exact) mass is 256 g/mol. The number of fused-ring (bicyclic) bond motifs is 1. The van der Waals surface area contributed by atoms with Crippen LogP contribution in [0.1, 0.15) is 10.5 Å². The summed E-state index contributed by atoms with van der Waals surface area (Å²) in [7, 11) is 0. The Morgan fingerprint density at radius 3 is 2.84 bits per heavy atom. The molecule has 3 aromatic rings. The highest BCUT2D eigenvalue weighted by Gasteiger charge is 2.12. The molecule has 0 aliphatic carbocycles. The number of rotatable bonds is 2. The van der Waals surface area contributed by atoms with E-state index in [1.54, 1.807) is 24.4 Å². The van der Waals surface area contributed by atoms with E-state index in [-0.39, 0.29) is 5.69 Å². The number of carbonyl (C=O) groups is 1. The largest absolute Gasteiger partial charge is 0.318 e. The molecule has 0 bridgehead atoms. The van der Waals surface area contributed by atoms with Gasteiger partial charge in [0.2, 0.25) is 0 Å². The molecule has 94 valence electrons. The molecule has 2 aromatic heterocycles. The minimum atomic E-state index is -0.485. The van der Waals surface area contributed by atoms with E-state index in [4.69, 9.17) is 0 Å². The number of halogens is 1. The first-order valence-electron chi connectivity index (χ1n) is 5.60. The van der Waals surface area contributed by atoms with Crippen molar-refractivity contribution in [2.24, 2.45) is 0 Å². The highest BCUT2D eigenvalue weighted by Crippen LogP contribution is 2.14. The summed E-state index contributed by atoms with van der Waals surface area (Å²) in [5.74, 6) is -0.928. The molecule has 0 aliphatic rings. The molecular weight excluding hydrogens is 247 g/mol. The molecule has 0 spiro atoms. The van der Waals surface area contributed by atoms with Crippen molar-refractivity contribution in [1.29, 1.82) is 0 Å². The second-order valence-electron chi connectivity index (χ2n) is 3.87. The van der Waals surface area contributed by atoms with Crippen LogP contribution in [0.2, 0.25) is 0 Å². The first-order valence-corrected chi connectivity index (χ1v) is 5.60. The van der Waals surface area contributed by atoms with Crippen molar-refractivity contribution in [1.82, 2.24) is 14.6 Å². The zero-order chi connectivity index (χ0) is 13.2. The highest BCUT2D eigenvalue weighted by atomic mass is 19.1. The Bertz CT molecular complexity index is 753. The molecule has 3 rings (SSSR count). The molecule has 1 N–H and O–H groups in total. The van der Waals surface area contributed by atoms with Crippen LogP contribution in [0.3, 0.4) is 0 Å². The van der Waals surface area contributed by atoms with Crippen LogP contribution in [0.4, 0.5) is 10.1 Å². The van der Waals surface area contributed by atoms with E-state index < -0.39 is 11.7 Å². The van der Waals surface area contributed by atoms with Crippen LogP contribution >= 0.6 is 0 Å². The third-order valence-electron chi connectivity index (χ3n) is 2.64. The predicted molar refractivity (Wildman–Crippen MR) is 67.3 cm³/mol. The van der Waals surface area contributed by atoms with Gasteiger partial charge in [0, 0.05) is 12.3 Å². The van der Waals surface area contributed by atoms with Crippen LogP contribution in [-0.2, 0) is 0 Å². The van der Waals surface area contributed by atoms with Gasteiger partial charge < -0.3 is 5.32 Å². The average molecular weight is 256 g/mol. The lowest BCUT2D eigenvalue weighted by Gasteiger charge is -2.07. The molecule has 0 saturated heterocycles. The fraction of sp³-hybridized carbons (Fsp3) is 0. The van der Waals surface area contributed by atoms with E-state index >= 15 is 0 Å². The summed E-state index contributed by atoms with van der Waals surface area (Å²) < 4.78 is 14.9. The standard InChI is InChI=1S/C13H9FN4O/c14-9-3-1-2-4-10(9)17-13(19)11-5-7-15-12-6-8-16-18(11)12/h1-8H,(H,17,19). The number of hydrogen-bond acceptors (Lipinski definition) is 3. The smallest absolute Gasteiger partial charge is 0.274 e. The van der Waals surface area contributed by atoms with Crippen LogP contribution in [0.15, 0.2) is 48.8 Å². The average Bonchev–Trinajstić information content (AvgIpc) is 2.89. The van der Waals surface area contributed by atoms with E-state index in [0.29, 0.717) is 11.3 Å². The number of hydrogen-bond donors (Lipinski definition) is 1. The summed E-state index contributed by atoms with van der Waals surface area (Å²) in [5, 5.41) is 6.51. The lowest BCUT2D eigenvalue weighted by Crippen LogP contribution is -2.17. The van der Waals surface area contributed by atoms with Gasteiger partial charge >= 0.3 is 0 Å². The summed E-state index contributed by atoms with van der Waals surface area (Å²) in [6.45, 7) is 0. The number of anilines is 1. The van der Waals surface area contributed by atoms with Crippen molar-refractivity contribution in [3.05, 3.63) is 60.3 Å². The molecule has 0 radical (unpaired) electrons. The van der Waals surface area contributed by atoms with Crippen LogP contribution in [0, 0.1) is 5.82 Å². The van der Waals surface area contributed by atoms with E-state index in [0.717, 1.165) is 0 Å². The van der Waals surface area contributed by atoms with Crippen molar-refractivity contribution in [3.8, 4) is 0 Å². The maximum atomic E-state index is 13.5. The SMILES string of the molecule is O=C(Nc1ccccc1F)c1ccnc2ccnn12. The number of carbonyl (C=O) groups excluding carboxylic acids is 1. The van der Waals surface area contributed by atoms with Gasteiger partial charge in [-0.25, -0.2) is 13.9 Å². The van der Waals surface area contributed by atoms with E-state index in [1.807, 2.05) is 0 Å². The molecule has 1 aromatic carbocycles. The Morgan fingerprint density at radius 1 is 1.16 bits per heavy atom. The summed E-state index contributed by atoms with van der Waals surface area (Å²) in [5.41, 5.74) is 0.976. The number of nitrogens with one attached hydrogen (secondary N) is 1. The number of nitrogens with zero attached hydrogens (tertiary/aromatic N) is 3. The number of benzene rings is 1. The van der Waals surface area contributed by atoms with Gasteiger partial charge in [0.15, 0.2) is 5.65 Å². The summed E-state index contributed by atoms with van der Waals surface area (Å²) >= 11 is 0. The lowest BCUT2D eigenvalue weighted by atomic mass is 10.3. The van der Waals surface area contributed by atoms with Crippen LogP contribution < -0.4 is 5.32 Å². The highest BCUT2D eigenvalue weighted by molar-refractivity contribution is 6.03. The van der Waals surface area contributed by atoms with Crippen molar-refractivity contribution in [3.63, 3.8) is 0 Å². The second-order valence-corrected chi connectivity index (χ2v) is 3.87. The number of amides is 1. The number of para-hydroxylation sites is 1. The Hall–Kier alpha value is -2.76. The Kier molecular flexibility index (Phi) is 2.68. The summed E-state index contributed by atoms with van der Waals surface area (Å²) in [6, 6.07) is 9.19. The molecule has 0 saturated carbocycles. The van der Waals surface area contributed by atoms with Crippen LogP contribution in [-0.4, -0.2) is 20.5 Å². The quantitative estimate of drug-likeness (QED) is 0.764. The van der Waals surface area contributed by atoms with Gasteiger partial charge in [0.25, 0.3) is 5.91 Å². The molecule has 0 unspecified atom stereocenters.